The van der Waals surface area contributed by atoms with Crippen LogP contribution in [0.1, 0.15) is 36.1 Å². The molecule has 0 bridgehead atoms. The molecule has 6 rings (SSSR count). The second-order valence-electron chi connectivity index (χ2n) is 12.3. The normalized spacial score (nSPS) is 27.0. The Labute approximate surface area is 265 Å². The molecule has 0 aromatic heterocycles. The zero-order chi connectivity index (χ0) is 31.4. The third kappa shape index (κ3) is 7.32. The predicted octanol–water partition coefficient (Wildman–Crippen LogP) is 6.03. The molecule has 2 aliphatic rings. The van der Waals surface area contributed by atoms with Crippen LogP contribution in [0.25, 0.3) is 0 Å². The molecule has 2 aliphatic heterocycles. The number of rotatable bonds is 10. The molecular weight excluding hydrogens is 588 g/mol. The van der Waals surface area contributed by atoms with Crippen molar-refractivity contribution in [2.75, 3.05) is 0 Å². The summed E-state index contributed by atoms with van der Waals surface area (Å²) in [6, 6.07) is 35.8. The van der Waals surface area contributed by atoms with Gasteiger partial charge in [-0.15, -0.1) is 0 Å². The summed E-state index contributed by atoms with van der Waals surface area (Å²) >= 11 is 0. The molecule has 0 unspecified atom stereocenters. The molecular formula is C37H40O7S. The quantitative estimate of drug-likeness (QED) is 0.229. The number of sulfone groups is 1. The Kier molecular flexibility index (Phi) is 9.40. The van der Waals surface area contributed by atoms with Crippen molar-refractivity contribution in [3.8, 4) is 5.75 Å². The van der Waals surface area contributed by atoms with Crippen LogP contribution in [-0.2, 0) is 54.8 Å². The summed E-state index contributed by atoms with van der Waals surface area (Å²) in [5, 5.41) is 8.03. The van der Waals surface area contributed by atoms with Crippen molar-refractivity contribution in [3.63, 3.8) is 0 Å². The lowest BCUT2D eigenvalue weighted by Gasteiger charge is -2.32. The van der Waals surface area contributed by atoms with Gasteiger partial charge in [0.05, 0.1) is 23.7 Å². The van der Waals surface area contributed by atoms with Crippen molar-refractivity contribution in [1.29, 1.82) is 0 Å². The van der Waals surface area contributed by atoms with E-state index in [0.29, 0.717) is 0 Å². The summed E-state index contributed by atoms with van der Waals surface area (Å²) in [5.41, 5.74) is 3.52. The lowest BCUT2D eigenvalue weighted by Crippen LogP contribution is -2.48. The minimum absolute atomic E-state index is 0.116. The highest BCUT2D eigenvalue weighted by Crippen LogP contribution is 2.43. The van der Waals surface area contributed by atoms with Crippen molar-refractivity contribution < 1.29 is 32.5 Å². The van der Waals surface area contributed by atoms with Crippen LogP contribution in [0, 0.1) is 0 Å². The van der Waals surface area contributed by atoms with E-state index >= 15 is 8.42 Å². The maximum absolute atomic E-state index is 15.1. The molecule has 0 aliphatic carbocycles. The topological polar surface area (TPSA) is 91.3 Å². The highest BCUT2D eigenvalue weighted by atomic mass is 32.2. The fraction of sp³-hybridized carbons (Fsp3) is 0.351. The van der Waals surface area contributed by atoms with E-state index in [1.807, 2.05) is 105 Å². The van der Waals surface area contributed by atoms with Gasteiger partial charge < -0.3 is 24.1 Å². The summed E-state index contributed by atoms with van der Waals surface area (Å²) < 4.78 is 56.6. The largest absolute Gasteiger partial charge is 0.508 e. The average Bonchev–Trinajstić information content (AvgIpc) is 3.34. The first-order chi connectivity index (χ1) is 21.7. The van der Waals surface area contributed by atoms with Gasteiger partial charge in [-0.3, -0.25) is 0 Å². The highest BCUT2D eigenvalue weighted by Gasteiger charge is 2.60. The third-order valence-corrected chi connectivity index (χ3v) is 11.2. The zero-order valence-electron chi connectivity index (χ0n) is 25.6. The second kappa shape index (κ2) is 13.4. The molecule has 2 saturated heterocycles. The van der Waals surface area contributed by atoms with E-state index in [4.69, 9.17) is 18.9 Å². The van der Waals surface area contributed by atoms with E-state index in [-0.39, 0.29) is 31.8 Å². The van der Waals surface area contributed by atoms with Gasteiger partial charge in [-0.05, 0) is 61.1 Å². The Hall–Kier alpha value is -3.53. The fourth-order valence-corrected chi connectivity index (χ4v) is 8.97. The van der Waals surface area contributed by atoms with Gasteiger partial charge in [0, 0.05) is 0 Å². The summed E-state index contributed by atoms with van der Waals surface area (Å²) in [6.07, 6.45) is -2.71. The molecule has 4 aromatic carbocycles. The van der Waals surface area contributed by atoms with Gasteiger partial charge in [0.15, 0.2) is 15.6 Å². The van der Waals surface area contributed by atoms with Gasteiger partial charge in [0.25, 0.3) is 0 Å². The molecule has 0 spiro atoms. The standard InChI is InChI=1S/C37H40O7S/c1-37(2)43-35-33(41-24-28-14-8-4-9-15-28)31(22-26-12-6-3-7-13-26)45(39,40)32(23-27-18-20-30(38)21-19-27)34(36(35)44-37)42-25-29-16-10-5-11-17-29/h3-21,31-36,38H,22-25H2,1-2H3/t31-,32-,33+,34+,35+,36+/m1/s1. The lowest BCUT2D eigenvalue weighted by molar-refractivity contribution is -0.167. The zero-order valence-corrected chi connectivity index (χ0v) is 26.4. The molecule has 236 valence electrons. The summed E-state index contributed by atoms with van der Waals surface area (Å²) in [6.45, 7) is 4.12. The van der Waals surface area contributed by atoms with Gasteiger partial charge in [0.2, 0.25) is 0 Å². The monoisotopic (exact) mass is 628 g/mol. The van der Waals surface area contributed by atoms with Crippen molar-refractivity contribution in [1.82, 2.24) is 0 Å². The van der Waals surface area contributed by atoms with Crippen LogP contribution in [0.5, 0.6) is 5.75 Å². The van der Waals surface area contributed by atoms with E-state index in [9.17, 15) is 5.11 Å². The molecule has 6 atom stereocenters. The highest BCUT2D eigenvalue weighted by molar-refractivity contribution is 7.92. The fourth-order valence-electron chi connectivity index (χ4n) is 6.46. The SMILES string of the molecule is CC1(C)O[C@@H]2[C@@H](O1)[C@@H](OCc1ccccc1)[C@@H](Cc1ccc(O)cc1)S(=O)(=O)[C@H](Cc1ccccc1)[C@@H]2OCc1ccccc1. The van der Waals surface area contributed by atoms with Gasteiger partial charge in [-0.2, -0.15) is 0 Å². The molecule has 4 aromatic rings. The maximum Gasteiger partial charge on any atom is 0.164 e. The number of phenols is 1. The van der Waals surface area contributed by atoms with Crippen LogP contribution in [-0.4, -0.2) is 54.2 Å². The minimum Gasteiger partial charge on any atom is -0.508 e. The Balaban J connectivity index is 1.46. The van der Waals surface area contributed by atoms with Crippen molar-refractivity contribution in [2.45, 2.75) is 80.6 Å². The summed E-state index contributed by atoms with van der Waals surface area (Å²) in [5.74, 6) is -0.871. The van der Waals surface area contributed by atoms with Crippen molar-refractivity contribution in [3.05, 3.63) is 138 Å². The Morgan fingerprint density at radius 3 is 1.40 bits per heavy atom. The number of ether oxygens (including phenoxy) is 4. The Bertz CT molecular complexity index is 1630. The van der Waals surface area contributed by atoms with Crippen LogP contribution < -0.4 is 0 Å². The molecule has 2 heterocycles. The van der Waals surface area contributed by atoms with E-state index in [1.165, 1.54) is 0 Å². The molecule has 45 heavy (non-hydrogen) atoms. The Morgan fingerprint density at radius 1 is 0.600 bits per heavy atom. The van der Waals surface area contributed by atoms with Gasteiger partial charge >= 0.3 is 0 Å². The van der Waals surface area contributed by atoms with Crippen LogP contribution in [0.4, 0.5) is 0 Å². The van der Waals surface area contributed by atoms with E-state index in [0.717, 1.165) is 22.3 Å². The summed E-state index contributed by atoms with van der Waals surface area (Å²) in [7, 11) is -3.97. The molecule has 0 radical (unpaired) electrons. The Morgan fingerprint density at radius 2 is 0.978 bits per heavy atom. The first kappa shape index (κ1) is 31.5. The van der Waals surface area contributed by atoms with E-state index in [1.54, 1.807) is 24.3 Å². The number of hydrogen-bond acceptors (Lipinski definition) is 7. The smallest absolute Gasteiger partial charge is 0.164 e. The van der Waals surface area contributed by atoms with Crippen LogP contribution in [0.2, 0.25) is 0 Å². The van der Waals surface area contributed by atoms with Crippen molar-refractivity contribution in [2.24, 2.45) is 0 Å². The first-order valence-corrected chi connectivity index (χ1v) is 17.0. The molecule has 0 saturated carbocycles. The number of aromatic hydroxyl groups is 1. The van der Waals surface area contributed by atoms with Crippen LogP contribution in [0.15, 0.2) is 115 Å². The summed E-state index contributed by atoms with van der Waals surface area (Å²) in [4.78, 5) is 0. The third-order valence-electron chi connectivity index (χ3n) is 8.61. The molecule has 8 heteroatoms. The van der Waals surface area contributed by atoms with Crippen LogP contribution >= 0.6 is 0 Å². The first-order valence-electron chi connectivity index (χ1n) is 15.4. The number of hydrogen-bond donors (Lipinski definition) is 1. The predicted molar refractivity (Wildman–Crippen MR) is 172 cm³/mol. The lowest BCUT2D eigenvalue weighted by atomic mass is 9.94. The van der Waals surface area contributed by atoms with Gasteiger partial charge in [-0.25, -0.2) is 8.42 Å². The number of fused-ring (bicyclic) bond motifs is 1. The van der Waals surface area contributed by atoms with E-state index in [2.05, 4.69) is 0 Å². The maximum atomic E-state index is 15.1. The molecule has 2 fully saturated rings. The molecule has 0 amide bonds. The minimum atomic E-state index is -3.97. The molecule has 1 N–H and O–H groups in total. The van der Waals surface area contributed by atoms with Crippen LogP contribution in [0.3, 0.4) is 0 Å². The van der Waals surface area contributed by atoms with Crippen molar-refractivity contribution >= 4 is 9.84 Å². The van der Waals surface area contributed by atoms with Gasteiger partial charge in [0.1, 0.15) is 30.2 Å². The number of benzene rings is 4. The second-order valence-corrected chi connectivity index (χ2v) is 14.7. The molecule has 7 nitrogen and oxygen atoms in total. The van der Waals surface area contributed by atoms with E-state index < -0.39 is 50.5 Å². The number of phenolic OH excluding ortho intramolecular Hbond substituents is 1. The average molecular weight is 629 g/mol. The van der Waals surface area contributed by atoms with Gasteiger partial charge in [-0.1, -0.05) is 103 Å².